The molecule has 2 aliphatic carbocycles. The summed E-state index contributed by atoms with van der Waals surface area (Å²) >= 11 is 17.9. The summed E-state index contributed by atoms with van der Waals surface area (Å²) in [6, 6.07) is 17.0. The van der Waals surface area contributed by atoms with Gasteiger partial charge in [-0.15, -0.1) is 23.2 Å². The number of hydrogen-bond donors (Lipinski definition) is 1. The minimum atomic E-state index is -1.98. The first-order valence-electron chi connectivity index (χ1n) is 16.2. The van der Waals surface area contributed by atoms with Crippen LogP contribution in [0.5, 0.6) is 23.0 Å². The summed E-state index contributed by atoms with van der Waals surface area (Å²) in [5, 5.41) is 10.3. The summed E-state index contributed by atoms with van der Waals surface area (Å²) < 4.78 is 16.4. The van der Waals surface area contributed by atoms with Gasteiger partial charge in [0.25, 0.3) is 11.8 Å². The van der Waals surface area contributed by atoms with E-state index in [1.54, 1.807) is 32.4 Å². The number of anilines is 1. The molecule has 1 N–H and O–H groups in total. The number of alkyl halides is 3. The highest BCUT2D eigenvalue weighted by atomic mass is 79.9. The molecule has 4 amide bonds. The molecule has 6 unspecified atom stereocenters. The van der Waals surface area contributed by atoms with E-state index in [0.29, 0.717) is 28.3 Å². The number of rotatable bonds is 8. The van der Waals surface area contributed by atoms with E-state index >= 15 is 0 Å². The number of phenolic OH excluding ortho intramolecular Hbond substituents is 1. The molecule has 3 fully saturated rings. The van der Waals surface area contributed by atoms with Crippen LogP contribution >= 0.6 is 39.1 Å². The molecule has 0 spiro atoms. The maximum Gasteiger partial charge on any atom is 0.254 e. The van der Waals surface area contributed by atoms with Crippen molar-refractivity contribution >= 4 is 80.6 Å². The highest BCUT2D eigenvalue weighted by molar-refractivity contribution is 9.09. The molecule has 1 saturated carbocycles. The first-order valence-corrected chi connectivity index (χ1v) is 18.1. The van der Waals surface area contributed by atoms with E-state index in [2.05, 4.69) is 15.9 Å². The first kappa shape index (κ1) is 35.1. The maximum absolute atomic E-state index is 14.4. The molecule has 264 valence electrons. The van der Waals surface area contributed by atoms with Gasteiger partial charge in [-0.05, 0) is 60.7 Å². The molecule has 4 aliphatic rings. The Morgan fingerprint density at radius 3 is 2.25 bits per heavy atom. The number of carbonyl (C=O) groups excluding carboxylic acids is 4. The molecular formula is C38H33BrCl2N2O8. The Kier molecular flexibility index (Phi) is 8.96. The predicted octanol–water partition coefficient (Wildman–Crippen LogP) is 6.50. The number of likely N-dealkylation sites (tertiary alicyclic amines) is 1. The number of hydrogen-bond acceptors (Lipinski definition) is 8. The van der Waals surface area contributed by atoms with E-state index < -0.39 is 51.1 Å². The lowest BCUT2D eigenvalue weighted by molar-refractivity contribution is -0.138. The Morgan fingerprint density at radius 1 is 0.863 bits per heavy atom. The molecule has 0 aromatic heterocycles. The molecule has 2 aliphatic heterocycles. The van der Waals surface area contributed by atoms with Gasteiger partial charge in [-0.1, -0.05) is 57.9 Å². The van der Waals surface area contributed by atoms with Crippen molar-refractivity contribution in [3.8, 4) is 23.0 Å². The highest BCUT2D eigenvalue weighted by Gasteiger charge is 2.76. The number of carbonyl (C=O) groups is 4. The third-order valence-electron chi connectivity index (χ3n) is 10.6. The molecule has 3 aromatic carbocycles. The van der Waals surface area contributed by atoms with Gasteiger partial charge in [0.2, 0.25) is 11.8 Å². The molecule has 0 bridgehead atoms. The minimum Gasteiger partial charge on any atom is -0.508 e. The van der Waals surface area contributed by atoms with Crippen molar-refractivity contribution in [3.63, 3.8) is 0 Å². The maximum atomic E-state index is 14.4. The number of ether oxygens (including phenoxy) is 3. The molecule has 10 nitrogen and oxygen atoms in total. The average molecular weight is 796 g/mol. The molecule has 7 rings (SSSR count). The number of methoxy groups -OCH3 is 3. The van der Waals surface area contributed by atoms with Crippen LogP contribution in [0.3, 0.4) is 0 Å². The number of fused-ring (bicyclic) bond motifs is 4. The van der Waals surface area contributed by atoms with Crippen molar-refractivity contribution in [2.45, 2.75) is 28.5 Å². The summed E-state index contributed by atoms with van der Waals surface area (Å²) in [6.07, 6.45) is 5.70. The van der Waals surface area contributed by atoms with E-state index in [9.17, 15) is 24.3 Å². The van der Waals surface area contributed by atoms with Gasteiger partial charge in [-0.3, -0.25) is 29.0 Å². The van der Waals surface area contributed by atoms with Crippen molar-refractivity contribution in [2.75, 3.05) is 31.7 Å². The smallest absolute Gasteiger partial charge is 0.254 e. The van der Waals surface area contributed by atoms with E-state index in [-0.39, 0.29) is 35.7 Å². The third kappa shape index (κ3) is 5.18. The van der Waals surface area contributed by atoms with Crippen LogP contribution in [0.4, 0.5) is 5.69 Å². The van der Waals surface area contributed by atoms with Gasteiger partial charge in [0.1, 0.15) is 23.0 Å². The standard InChI is InChI=1S/C38H33BrCl2N2O8/c1-49-24-11-15-29(50-2)21(16-24)7-4-20-5-8-22(9-6-20)43-33(45)27-14-13-25-28(31(27)34(43)46)18-37(40)35(47)42(19-39)36(48)38(37,41)32(25)26-12-10-23(44)17-30(26)51-3/h4-13,15-17,27-28,31-32,44H,14,18-19H2,1-3H3. The van der Waals surface area contributed by atoms with Gasteiger partial charge >= 0.3 is 0 Å². The van der Waals surface area contributed by atoms with Crippen LogP contribution in [0.25, 0.3) is 12.2 Å². The zero-order valence-electron chi connectivity index (χ0n) is 27.8. The summed E-state index contributed by atoms with van der Waals surface area (Å²) in [4.78, 5) is 54.6. The lowest BCUT2D eigenvalue weighted by Gasteiger charge is -2.50. The van der Waals surface area contributed by atoms with Crippen LogP contribution in [0.1, 0.15) is 35.4 Å². The van der Waals surface area contributed by atoms with Crippen molar-refractivity contribution < 1.29 is 38.5 Å². The van der Waals surface area contributed by atoms with Crippen molar-refractivity contribution in [1.82, 2.24) is 4.90 Å². The molecule has 2 heterocycles. The quantitative estimate of drug-likeness (QED) is 0.0902. The Bertz CT molecular complexity index is 2040. The monoisotopic (exact) mass is 794 g/mol. The minimum absolute atomic E-state index is 0.0777. The van der Waals surface area contributed by atoms with Gasteiger partial charge in [0.05, 0.1) is 44.3 Å². The largest absolute Gasteiger partial charge is 0.508 e. The van der Waals surface area contributed by atoms with Gasteiger partial charge in [0, 0.05) is 23.1 Å². The first-order chi connectivity index (χ1) is 24.4. The fourth-order valence-corrected chi connectivity index (χ4v) is 9.60. The van der Waals surface area contributed by atoms with Crippen molar-refractivity contribution in [1.29, 1.82) is 0 Å². The van der Waals surface area contributed by atoms with Gasteiger partial charge < -0.3 is 19.3 Å². The highest BCUT2D eigenvalue weighted by Crippen LogP contribution is 2.66. The van der Waals surface area contributed by atoms with E-state index in [4.69, 9.17) is 37.4 Å². The van der Waals surface area contributed by atoms with E-state index in [1.165, 1.54) is 24.1 Å². The van der Waals surface area contributed by atoms with Crippen LogP contribution in [-0.2, 0) is 19.2 Å². The van der Waals surface area contributed by atoms with Gasteiger partial charge in [-0.2, -0.15) is 0 Å². The number of halogens is 3. The zero-order valence-corrected chi connectivity index (χ0v) is 30.9. The van der Waals surface area contributed by atoms with Gasteiger partial charge in [0.15, 0.2) is 9.75 Å². The lowest BCUT2D eigenvalue weighted by Crippen LogP contribution is -2.60. The Morgan fingerprint density at radius 2 is 1.59 bits per heavy atom. The third-order valence-corrected chi connectivity index (χ3v) is 12.5. The van der Waals surface area contributed by atoms with Crippen LogP contribution in [-0.4, -0.2) is 70.2 Å². The molecule has 13 heteroatoms. The molecule has 51 heavy (non-hydrogen) atoms. The number of nitrogens with zero attached hydrogens (tertiary/aromatic N) is 2. The second-order valence-electron chi connectivity index (χ2n) is 13.0. The number of imide groups is 2. The van der Waals surface area contributed by atoms with Crippen LogP contribution in [0.15, 0.2) is 72.3 Å². The fourth-order valence-electron chi connectivity index (χ4n) is 8.18. The van der Waals surface area contributed by atoms with Crippen molar-refractivity contribution in [2.24, 2.45) is 17.8 Å². The molecule has 3 aromatic rings. The number of allylic oxidation sites excluding steroid dienone is 2. The van der Waals surface area contributed by atoms with Crippen LogP contribution in [0.2, 0.25) is 0 Å². The number of amides is 4. The number of benzene rings is 3. The van der Waals surface area contributed by atoms with E-state index in [0.717, 1.165) is 16.0 Å². The van der Waals surface area contributed by atoms with Crippen LogP contribution in [0, 0.1) is 17.8 Å². The lowest BCUT2D eigenvalue weighted by atomic mass is 9.56. The predicted molar refractivity (Wildman–Crippen MR) is 195 cm³/mol. The second-order valence-corrected chi connectivity index (χ2v) is 14.7. The average Bonchev–Trinajstić information content (AvgIpc) is 3.48. The summed E-state index contributed by atoms with van der Waals surface area (Å²) in [5.41, 5.74) is 2.96. The topological polar surface area (TPSA) is 123 Å². The molecule has 0 radical (unpaired) electrons. The van der Waals surface area contributed by atoms with E-state index in [1.807, 2.05) is 48.6 Å². The Labute approximate surface area is 312 Å². The zero-order chi connectivity index (χ0) is 36.4. The molecule has 2 saturated heterocycles. The number of aromatic hydroxyl groups is 1. The fraction of sp³-hybridized carbons (Fsp3) is 0.316. The Balaban J connectivity index is 1.24. The van der Waals surface area contributed by atoms with Crippen LogP contribution < -0.4 is 19.1 Å². The molecular weight excluding hydrogens is 763 g/mol. The SMILES string of the molecule is COc1ccc(OC)c(C=Cc2ccc(N3C(=O)C4CC=C5C(CC6(Cl)C(=O)N(CBr)C(=O)C6(Cl)C5c5ccc(O)cc5OC)C4C3=O)cc2)c1. The summed E-state index contributed by atoms with van der Waals surface area (Å²) in [7, 11) is 4.60. The number of phenols is 1. The summed E-state index contributed by atoms with van der Waals surface area (Å²) in [5.74, 6) is -3.92. The summed E-state index contributed by atoms with van der Waals surface area (Å²) in [6.45, 7) is 0. The molecule has 6 atom stereocenters. The normalized spacial score (nSPS) is 28.5. The van der Waals surface area contributed by atoms with Crippen molar-refractivity contribution in [3.05, 3.63) is 89.0 Å². The Hall–Kier alpha value is -4.32. The van der Waals surface area contributed by atoms with Gasteiger partial charge in [-0.25, -0.2) is 0 Å². The second kappa shape index (κ2) is 13.0.